The van der Waals surface area contributed by atoms with Gasteiger partial charge in [0.2, 0.25) is 6.41 Å². The van der Waals surface area contributed by atoms with Crippen LogP contribution in [0.5, 0.6) is 0 Å². The predicted molar refractivity (Wildman–Crippen MR) is 132 cm³/mol. The number of carbonyl (C=O) groups is 1. The highest BCUT2D eigenvalue weighted by Gasteiger charge is 2.34. The fourth-order valence-electron chi connectivity index (χ4n) is 4.95. The summed E-state index contributed by atoms with van der Waals surface area (Å²) in [6.45, 7) is 5.99. The van der Waals surface area contributed by atoms with Crippen LogP contribution in [0.15, 0.2) is 91.0 Å². The molecule has 1 amide bonds. The van der Waals surface area contributed by atoms with Crippen molar-refractivity contribution in [2.24, 2.45) is 0 Å². The van der Waals surface area contributed by atoms with Crippen LogP contribution in [-0.2, 0) is 10.2 Å². The second kappa shape index (κ2) is 11.0. The maximum Gasteiger partial charge on any atom is 0.207 e. The van der Waals surface area contributed by atoms with E-state index >= 15 is 0 Å². The molecule has 0 aliphatic carbocycles. The van der Waals surface area contributed by atoms with Gasteiger partial charge in [-0.2, -0.15) is 0 Å². The van der Waals surface area contributed by atoms with Crippen LogP contribution in [-0.4, -0.2) is 50.6 Å². The molecule has 3 aromatic rings. The van der Waals surface area contributed by atoms with E-state index in [1.807, 2.05) is 0 Å². The zero-order chi connectivity index (χ0) is 22.1. The molecule has 4 rings (SSSR count). The number of amides is 1. The minimum absolute atomic E-state index is 0.227. The third-order valence-electron chi connectivity index (χ3n) is 6.71. The number of hydrogen-bond donors (Lipinski definition) is 1. The van der Waals surface area contributed by atoms with E-state index in [0.29, 0.717) is 6.54 Å². The average Bonchev–Trinajstić information content (AvgIpc) is 2.88. The molecule has 0 aromatic heterocycles. The second-order valence-corrected chi connectivity index (χ2v) is 8.58. The molecule has 0 atom stereocenters. The number of carbonyl (C=O) groups excluding carboxylic acids is 1. The van der Waals surface area contributed by atoms with E-state index in [4.69, 9.17) is 0 Å². The monoisotopic (exact) mass is 427 g/mol. The summed E-state index contributed by atoms with van der Waals surface area (Å²) in [7, 11) is 0. The minimum Gasteiger partial charge on any atom is -0.369 e. The van der Waals surface area contributed by atoms with Crippen molar-refractivity contribution in [3.8, 4) is 0 Å². The van der Waals surface area contributed by atoms with Crippen LogP contribution in [0.25, 0.3) is 0 Å². The summed E-state index contributed by atoms with van der Waals surface area (Å²) in [6, 6.07) is 32.0. The van der Waals surface area contributed by atoms with Crippen LogP contribution < -0.4 is 10.2 Å². The van der Waals surface area contributed by atoms with Gasteiger partial charge in [-0.15, -0.1) is 0 Å². The number of benzene rings is 3. The van der Waals surface area contributed by atoms with Gasteiger partial charge in [-0.1, -0.05) is 78.9 Å². The molecular weight excluding hydrogens is 394 g/mol. The maximum absolute atomic E-state index is 11.3. The van der Waals surface area contributed by atoms with Crippen LogP contribution in [0.1, 0.15) is 24.0 Å². The second-order valence-electron chi connectivity index (χ2n) is 8.58. The van der Waals surface area contributed by atoms with Gasteiger partial charge in [0.25, 0.3) is 0 Å². The molecule has 1 aliphatic rings. The molecule has 3 aromatic carbocycles. The standard InChI is InChI=1S/C28H33N3O/c32-24-29-23-28(25-11-4-1-5-12-25,26-13-6-2-7-14-26)17-10-18-30-19-21-31(22-20-30)27-15-8-3-9-16-27/h1-9,11-16,24H,10,17-23H2,(H,29,32). The molecule has 0 saturated carbocycles. The van der Waals surface area contributed by atoms with Gasteiger partial charge in [-0.3, -0.25) is 9.69 Å². The van der Waals surface area contributed by atoms with Gasteiger partial charge in [0.15, 0.2) is 0 Å². The first-order chi connectivity index (χ1) is 15.8. The van der Waals surface area contributed by atoms with Crippen molar-refractivity contribution in [2.75, 3.05) is 44.2 Å². The first kappa shape index (κ1) is 22.1. The van der Waals surface area contributed by atoms with E-state index < -0.39 is 0 Å². The molecular formula is C28H33N3O. The Balaban J connectivity index is 1.43. The van der Waals surface area contributed by atoms with Crippen LogP contribution in [0.2, 0.25) is 0 Å². The van der Waals surface area contributed by atoms with Gasteiger partial charge in [0.05, 0.1) is 0 Å². The van der Waals surface area contributed by atoms with Crippen molar-refractivity contribution >= 4 is 12.1 Å². The quantitative estimate of drug-likeness (QED) is 0.490. The molecule has 0 spiro atoms. The summed E-state index contributed by atoms with van der Waals surface area (Å²) in [5.74, 6) is 0. The van der Waals surface area contributed by atoms with Crippen molar-refractivity contribution in [3.05, 3.63) is 102 Å². The number of piperazine rings is 1. The van der Waals surface area contributed by atoms with Crippen LogP contribution in [0.4, 0.5) is 5.69 Å². The van der Waals surface area contributed by atoms with Gasteiger partial charge >= 0.3 is 0 Å². The van der Waals surface area contributed by atoms with Crippen LogP contribution in [0, 0.1) is 0 Å². The highest BCUT2D eigenvalue weighted by atomic mass is 16.1. The Morgan fingerprint density at radius 1 is 0.750 bits per heavy atom. The lowest BCUT2D eigenvalue weighted by atomic mass is 9.71. The van der Waals surface area contributed by atoms with Crippen LogP contribution >= 0.6 is 0 Å². The Kier molecular flexibility index (Phi) is 7.57. The average molecular weight is 428 g/mol. The Morgan fingerprint density at radius 2 is 1.28 bits per heavy atom. The minimum atomic E-state index is -0.227. The van der Waals surface area contributed by atoms with Crippen molar-refractivity contribution in [2.45, 2.75) is 18.3 Å². The molecule has 0 unspecified atom stereocenters. The van der Waals surface area contributed by atoms with Crippen LogP contribution in [0.3, 0.4) is 0 Å². The lowest BCUT2D eigenvalue weighted by molar-refractivity contribution is -0.109. The molecule has 0 radical (unpaired) electrons. The van der Waals surface area contributed by atoms with Gasteiger partial charge < -0.3 is 10.2 Å². The number of hydrogen-bond acceptors (Lipinski definition) is 3. The molecule has 0 bridgehead atoms. The highest BCUT2D eigenvalue weighted by molar-refractivity contribution is 5.49. The van der Waals surface area contributed by atoms with Gasteiger partial charge in [0, 0.05) is 43.8 Å². The number of nitrogens with zero attached hydrogens (tertiary/aromatic N) is 2. The predicted octanol–water partition coefficient (Wildman–Crippen LogP) is 4.32. The summed E-state index contributed by atoms with van der Waals surface area (Å²) in [6.07, 6.45) is 2.89. The largest absolute Gasteiger partial charge is 0.369 e. The van der Waals surface area contributed by atoms with E-state index in [1.54, 1.807) is 0 Å². The number of nitrogens with one attached hydrogen (secondary N) is 1. The lowest BCUT2D eigenvalue weighted by Crippen LogP contribution is -2.47. The SMILES string of the molecule is O=CNCC(CCCN1CCN(c2ccccc2)CC1)(c1ccccc1)c1ccccc1. The molecule has 4 nitrogen and oxygen atoms in total. The number of para-hydroxylation sites is 1. The zero-order valence-corrected chi connectivity index (χ0v) is 18.7. The number of rotatable bonds is 10. The van der Waals surface area contributed by atoms with Gasteiger partial charge in [-0.25, -0.2) is 0 Å². The van der Waals surface area contributed by atoms with Crippen molar-refractivity contribution in [1.82, 2.24) is 10.2 Å². The molecule has 1 aliphatic heterocycles. The third-order valence-corrected chi connectivity index (χ3v) is 6.71. The van der Waals surface area contributed by atoms with Crippen molar-refractivity contribution < 1.29 is 4.79 Å². The summed E-state index contributed by atoms with van der Waals surface area (Å²) >= 11 is 0. The third kappa shape index (κ3) is 5.20. The fourth-order valence-corrected chi connectivity index (χ4v) is 4.95. The molecule has 1 N–H and O–H groups in total. The number of anilines is 1. The molecule has 32 heavy (non-hydrogen) atoms. The fraction of sp³-hybridized carbons (Fsp3) is 0.321. The molecule has 1 fully saturated rings. The smallest absolute Gasteiger partial charge is 0.207 e. The summed E-state index contributed by atoms with van der Waals surface area (Å²) in [5, 5.41) is 3.00. The van der Waals surface area contributed by atoms with Crippen molar-refractivity contribution in [3.63, 3.8) is 0 Å². The van der Waals surface area contributed by atoms with Gasteiger partial charge in [0.1, 0.15) is 0 Å². The molecule has 1 heterocycles. The molecule has 1 saturated heterocycles. The summed E-state index contributed by atoms with van der Waals surface area (Å²) < 4.78 is 0. The maximum atomic E-state index is 11.3. The van der Waals surface area contributed by atoms with E-state index in [2.05, 4.69) is 106 Å². The topological polar surface area (TPSA) is 35.6 Å². The molecule has 166 valence electrons. The first-order valence-electron chi connectivity index (χ1n) is 11.6. The Hall–Kier alpha value is -3.11. The Bertz CT molecular complexity index is 899. The summed E-state index contributed by atoms with van der Waals surface area (Å²) in [5.41, 5.74) is 3.61. The highest BCUT2D eigenvalue weighted by Crippen LogP contribution is 2.36. The van der Waals surface area contributed by atoms with E-state index in [0.717, 1.165) is 52.0 Å². The molecule has 4 heteroatoms. The Morgan fingerprint density at radius 3 is 1.81 bits per heavy atom. The zero-order valence-electron chi connectivity index (χ0n) is 18.7. The van der Waals surface area contributed by atoms with Crippen molar-refractivity contribution in [1.29, 1.82) is 0 Å². The van der Waals surface area contributed by atoms with E-state index in [1.165, 1.54) is 16.8 Å². The first-order valence-corrected chi connectivity index (χ1v) is 11.6. The normalized spacial score (nSPS) is 14.8. The van der Waals surface area contributed by atoms with E-state index in [9.17, 15) is 4.79 Å². The lowest BCUT2D eigenvalue weighted by Gasteiger charge is -2.38. The summed E-state index contributed by atoms with van der Waals surface area (Å²) in [4.78, 5) is 16.3. The Labute approximate surface area is 191 Å². The van der Waals surface area contributed by atoms with Gasteiger partial charge in [-0.05, 0) is 42.6 Å². The van der Waals surface area contributed by atoms with E-state index in [-0.39, 0.29) is 5.41 Å².